The summed E-state index contributed by atoms with van der Waals surface area (Å²) in [7, 11) is 0. The smallest absolute Gasteiger partial charge is 0.231 e. The molecule has 1 aromatic carbocycles. The van der Waals surface area contributed by atoms with Gasteiger partial charge in [0.15, 0.2) is 0 Å². The van der Waals surface area contributed by atoms with Crippen molar-refractivity contribution in [3.05, 3.63) is 42.1 Å². The number of benzene rings is 1. The number of anilines is 3. The number of para-hydroxylation sites is 1. The van der Waals surface area contributed by atoms with Gasteiger partial charge in [0, 0.05) is 31.5 Å². The number of hydrogen-bond acceptors (Lipinski definition) is 4. The number of fused-ring (bicyclic) bond motifs is 1. The minimum atomic E-state index is 0.833. The minimum Gasteiger partial charge on any atom is -0.356 e. The summed E-state index contributed by atoms with van der Waals surface area (Å²) < 4.78 is 0. The quantitative estimate of drug-likeness (QED) is 0.836. The van der Waals surface area contributed by atoms with Gasteiger partial charge in [0.25, 0.3) is 0 Å². The maximum atomic E-state index is 4.78. The number of nitrogens with zero attached hydrogens (tertiary/aromatic N) is 4. The van der Waals surface area contributed by atoms with Crippen LogP contribution in [0.4, 0.5) is 17.5 Å². The second-order valence-corrected chi connectivity index (χ2v) is 5.44. The van der Waals surface area contributed by atoms with Crippen molar-refractivity contribution in [1.82, 2.24) is 9.97 Å². The largest absolute Gasteiger partial charge is 0.356 e. The molecule has 0 aliphatic carbocycles. The van der Waals surface area contributed by atoms with E-state index in [9.17, 15) is 0 Å². The summed E-state index contributed by atoms with van der Waals surface area (Å²) in [6.45, 7) is 3.21. The third-order valence-electron chi connectivity index (χ3n) is 4.19. The zero-order valence-electron chi connectivity index (χ0n) is 11.5. The van der Waals surface area contributed by atoms with E-state index in [1.165, 1.54) is 24.1 Å². The number of hydrogen-bond donors (Lipinski definition) is 0. The lowest BCUT2D eigenvalue weighted by molar-refractivity contribution is 0.896. The van der Waals surface area contributed by atoms with E-state index in [2.05, 4.69) is 39.0 Å². The topological polar surface area (TPSA) is 32.3 Å². The average Bonchev–Trinajstić information content (AvgIpc) is 3.17. The molecule has 0 radical (unpaired) electrons. The van der Waals surface area contributed by atoms with Crippen LogP contribution in [0.2, 0.25) is 0 Å². The fourth-order valence-electron chi connectivity index (χ4n) is 3.14. The van der Waals surface area contributed by atoms with Gasteiger partial charge in [-0.25, -0.2) is 4.98 Å². The van der Waals surface area contributed by atoms with Gasteiger partial charge in [-0.15, -0.1) is 0 Å². The fraction of sp³-hybridized carbons (Fsp3) is 0.375. The van der Waals surface area contributed by atoms with Crippen LogP contribution in [0.25, 0.3) is 0 Å². The van der Waals surface area contributed by atoms with Gasteiger partial charge in [-0.1, -0.05) is 18.2 Å². The Morgan fingerprint density at radius 2 is 1.80 bits per heavy atom. The molecule has 2 aliphatic rings. The Hall–Kier alpha value is -2.10. The van der Waals surface area contributed by atoms with Crippen LogP contribution < -0.4 is 9.80 Å². The molecule has 20 heavy (non-hydrogen) atoms. The van der Waals surface area contributed by atoms with Gasteiger partial charge >= 0.3 is 0 Å². The molecule has 4 nitrogen and oxygen atoms in total. The lowest BCUT2D eigenvalue weighted by Crippen LogP contribution is -2.22. The Bertz CT molecular complexity index is 619. The summed E-state index contributed by atoms with van der Waals surface area (Å²) in [4.78, 5) is 13.8. The van der Waals surface area contributed by atoms with Crippen molar-refractivity contribution >= 4 is 17.5 Å². The van der Waals surface area contributed by atoms with Crippen LogP contribution in [0.3, 0.4) is 0 Å². The van der Waals surface area contributed by atoms with Crippen LogP contribution in [0, 0.1) is 0 Å². The maximum Gasteiger partial charge on any atom is 0.231 e. The average molecular weight is 266 g/mol. The van der Waals surface area contributed by atoms with Crippen molar-refractivity contribution in [2.75, 3.05) is 29.4 Å². The van der Waals surface area contributed by atoms with Crippen molar-refractivity contribution < 1.29 is 0 Å². The van der Waals surface area contributed by atoms with Crippen LogP contribution in [-0.4, -0.2) is 29.6 Å². The summed E-state index contributed by atoms with van der Waals surface area (Å²) >= 11 is 0. The van der Waals surface area contributed by atoms with Crippen LogP contribution >= 0.6 is 0 Å². The second kappa shape index (κ2) is 4.78. The second-order valence-electron chi connectivity index (χ2n) is 5.44. The number of rotatable bonds is 2. The normalized spacial score (nSPS) is 17.6. The first-order valence-corrected chi connectivity index (χ1v) is 7.35. The molecule has 0 atom stereocenters. The Labute approximate surface area is 119 Å². The Morgan fingerprint density at radius 3 is 2.70 bits per heavy atom. The molecule has 3 heterocycles. The van der Waals surface area contributed by atoms with E-state index in [0.29, 0.717) is 0 Å². The van der Waals surface area contributed by atoms with Crippen LogP contribution in [-0.2, 0) is 6.42 Å². The molecule has 1 fully saturated rings. The molecule has 4 rings (SSSR count). The zero-order valence-corrected chi connectivity index (χ0v) is 11.5. The minimum absolute atomic E-state index is 0.833. The van der Waals surface area contributed by atoms with Crippen molar-refractivity contribution in [1.29, 1.82) is 0 Å². The zero-order chi connectivity index (χ0) is 13.4. The third-order valence-corrected chi connectivity index (χ3v) is 4.19. The predicted molar refractivity (Wildman–Crippen MR) is 80.6 cm³/mol. The standard InChI is InChI=1S/C16H18N4/c1-2-6-14-13(5-1)8-12-20(14)16-17-9-7-15(18-16)19-10-3-4-11-19/h1-2,5-7,9H,3-4,8,10-12H2. The van der Waals surface area contributed by atoms with Crippen molar-refractivity contribution in [3.8, 4) is 0 Å². The van der Waals surface area contributed by atoms with Crippen molar-refractivity contribution in [3.63, 3.8) is 0 Å². The van der Waals surface area contributed by atoms with Crippen LogP contribution in [0.1, 0.15) is 18.4 Å². The lowest BCUT2D eigenvalue weighted by Gasteiger charge is -2.21. The third kappa shape index (κ3) is 1.92. The van der Waals surface area contributed by atoms with Gasteiger partial charge in [0.1, 0.15) is 5.82 Å². The van der Waals surface area contributed by atoms with Crippen LogP contribution in [0.15, 0.2) is 36.5 Å². The molecular weight excluding hydrogens is 248 g/mol. The monoisotopic (exact) mass is 266 g/mol. The van der Waals surface area contributed by atoms with Gasteiger partial charge in [0.2, 0.25) is 5.95 Å². The highest BCUT2D eigenvalue weighted by atomic mass is 15.3. The molecule has 0 saturated carbocycles. The van der Waals surface area contributed by atoms with E-state index in [1.54, 1.807) is 0 Å². The lowest BCUT2D eigenvalue weighted by atomic mass is 10.2. The fourth-order valence-corrected chi connectivity index (χ4v) is 3.14. The summed E-state index contributed by atoms with van der Waals surface area (Å²) in [5.41, 5.74) is 2.65. The maximum absolute atomic E-state index is 4.78. The van der Waals surface area contributed by atoms with Gasteiger partial charge < -0.3 is 9.80 Å². The molecule has 1 saturated heterocycles. The van der Waals surface area contributed by atoms with Crippen LogP contribution in [0.5, 0.6) is 0 Å². The number of aromatic nitrogens is 2. The van der Waals surface area contributed by atoms with Gasteiger partial charge in [-0.2, -0.15) is 4.98 Å². The predicted octanol–water partition coefficient (Wildman–Crippen LogP) is 2.77. The molecule has 1 aromatic heterocycles. The molecule has 0 unspecified atom stereocenters. The molecule has 2 aromatic rings. The SMILES string of the molecule is c1ccc2c(c1)CCN2c1nccc(N2CCCC2)n1. The van der Waals surface area contributed by atoms with Crippen molar-refractivity contribution in [2.45, 2.75) is 19.3 Å². The van der Waals surface area contributed by atoms with Gasteiger partial charge in [-0.05, 0) is 37.0 Å². The highest BCUT2D eigenvalue weighted by molar-refractivity contribution is 5.66. The summed E-state index contributed by atoms with van der Waals surface area (Å²) in [6, 6.07) is 10.6. The molecule has 102 valence electrons. The van der Waals surface area contributed by atoms with E-state index in [4.69, 9.17) is 4.98 Å². The highest BCUT2D eigenvalue weighted by Crippen LogP contribution is 2.32. The van der Waals surface area contributed by atoms with Gasteiger partial charge in [0.05, 0.1) is 0 Å². The first-order valence-electron chi connectivity index (χ1n) is 7.35. The molecule has 0 amide bonds. The summed E-state index contributed by atoms with van der Waals surface area (Å²) in [5, 5.41) is 0. The van der Waals surface area contributed by atoms with E-state index in [-0.39, 0.29) is 0 Å². The Morgan fingerprint density at radius 1 is 0.950 bits per heavy atom. The molecule has 2 aliphatic heterocycles. The summed E-state index contributed by atoms with van der Waals surface area (Å²) in [6.07, 6.45) is 5.50. The molecular formula is C16H18N4. The molecule has 0 bridgehead atoms. The summed E-state index contributed by atoms with van der Waals surface area (Å²) in [5.74, 6) is 1.90. The van der Waals surface area contributed by atoms with Crippen molar-refractivity contribution in [2.24, 2.45) is 0 Å². The molecule has 0 spiro atoms. The first kappa shape index (κ1) is 11.7. The van der Waals surface area contributed by atoms with E-state index in [1.807, 2.05) is 12.3 Å². The van der Waals surface area contributed by atoms with E-state index in [0.717, 1.165) is 37.8 Å². The van der Waals surface area contributed by atoms with E-state index >= 15 is 0 Å². The highest BCUT2D eigenvalue weighted by Gasteiger charge is 2.23. The van der Waals surface area contributed by atoms with E-state index < -0.39 is 0 Å². The first-order chi connectivity index (χ1) is 9.92. The Kier molecular flexibility index (Phi) is 2.80. The van der Waals surface area contributed by atoms with Gasteiger partial charge in [-0.3, -0.25) is 0 Å². The molecule has 0 N–H and O–H groups in total. The Balaban J connectivity index is 1.68. The molecule has 4 heteroatoms.